The van der Waals surface area contributed by atoms with Crippen molar-refractivity contribution < 1.29 is 32.3 Å². The fraction of sp³-hybridized carbons (Fsp3) is 0.724. The van der Waals surface area contributed by atoms with Crippen LogP contribution in [-0.4, -0.2) is 77.7 Å². The predicted molar refractivity (Wildman–Crippen MR) is 156 cm³/mol. The van der Waals surface area contributed by atoms with Crippen LogP contribution in [0.3, 0.4) is 0 Å². The van der Waals surface area contributed by atoms with E-state index >= 15 is 0 Å². The van der Waals surface area contributed by atoms with Crippen LogP contribution in [0.15, 0.2) is 24.5 Å². The molecule has 2 saturated heterocycles. The number of hydrogen-bond donors (Lipinski definition) is 3. The van der Waals surface area contributed by atoms with Crippen LogP contribution in [0, 0.1) is 5.92 Å². The Balaban J connectivity index is 1.56. The first-order chi connectivity index (χ1) is 19.9. The Morgan fingerprint density at radius 2 is 1.76 bits per heavy atom. The van der Waals surface area contributed by atoms with Gasteiger partial charge in [-0.25, -0.2) is 9.52 Å². The Hall–Kier alpha value is -2.93. The van der Waals surface area contributed by atoms with E-state index in [1.165, 1.54) is 16.1 Å². The Labute approximate surface area is 248 Å². The molecule has 4 amide bonds. The molecule has 0 bridgehead atoms. The Morgan fingerprint density at radius 1 is 1.05 bits per heavy atom. The highest BCUT2D eigenvalue weighted by Gasteiger charge is 2.61. The summed E-state index contributed by atoms with van der Waals surface area (Å²) in [5.74, 6) is -1.84. The largest absolute Gasteiger partial charge is 0.416 e. The predicted octanol–water partition coefficient (Wildman–Crippen LogP) is 2.62. The van der Waals surface area contributed by atoms with Crippen LogP contribution in [0.5, 0.6) is 0 Å². The van der Waals surface area contributed by atoms with Crippen molar-refractivity contribution in [1.82, 2.24) is 24.6 Å². The van der Waals surface area contributed by atoms with Gasteiger partial charge >= 0.3 is 16.3 Å². The number of carbonyl (C=O) groups is 4. The zero-order chi connectivity index (χ0) is 30.7. The average Bonchev–Trinajstić information content (AvgIpc) is 3.35. The maximum atomic E-state index is 13.7. The molecule has 3 N–H and O–H groups in total. The first-order valence-corrected chi connectivity index (χ1v) is 16.6. The minimum atomic E-state index is -4.14. The number of rotatable bonds is 5. The van der Waals surface area contributed by atoms with E-state index in [0.29, 0.717) is 45.1 Å². The molecule has 0 aromatic rings. The summed E-state index contributed by atoms with van der Waals surface area (Å²) in [5, 5.41) is 5.49. The lowest BCUT2D eigenvalue weighted by atomic mass is 10.0. The van der Waals surface area contributed by atoms with Crippen molar-refractivity contribution in [3.63, 3.8) is 0 Å². The highest BCUT2D eigenvalue weighted by molar-refractivity contribution is 7.87. The minimum absolute atomic E-state index is 0.191. The van der Waals surface area contributed by atoms with Gasteiger partial charge in [0.2, 0.25) is 11.8 Å². The smallest absolute Gasteiger partial charge is 0.412 e. The Morgan fingerprint density at radius 3 is 2.45 bits per heavy atom. The molecule has 6 atom stereocenters. The number of nitrogens with zero attached hydrogens (tertiary/aromatic N) is 2. The first-order valence-electron chi connectivity index (χ1n) is 15.1. The second-order valence-electron chi connectivity index (χ2n) is 12.2. The molecule has 3 aliphatic heterocycles. The number of nitrogens with one attached hydrogen (secondary N) is 3. The lowest BCUT2D eigenvalue weighted by Crippen LogP contribution is -2.60. The molecule has 42 heavy (non-hydrogen) atoms. The maximum absolute atomic E-state index is 13.7. The van der Waals surface area contributed by atoms with Crippen molar-refractivity contribution in [2.75, 3.05) is 6.54 Å². The summed E-state index contributed by atoms with van der Waals surface area (Å²) in [6.07, 6.45) is 10.1. The zero-order valence-corrected chi connectivity index (χ0v) is 25.7. The second kappa shape index (κ2) is 13.2. The summed E-state index contributed by atoms with van der Waals surface area (Å²) in [6, 6.07) is -2.23. The topological polar surface area (TPSA) is 154 Å². The standard InChI is InChI=1S/C29H45N5O7S/c1-19(2)41-28(38)30-23-15-9-7-5-6-8-14-22-18-29(22,31-25(35)24-16-11-17-33(24)26(23)36)27(37)32-42(39,40)34-20(3)12-10-13-21(34)4/h8,14,20-24H,1,5-7,9-13,15-18H2,2-4H3,(H,30,38)(H,31,35)(H,32,37)/b14-8-/t20?,21?,22-,23+,24+,29-/m1/s1. The second-order valence-corrected chi connectivity index (χ2v) is 13.8. The molecular formula is C29H45N5O7S. The number of hydrogen-bond acceptors (Lipinski definition) is 7. The van der Waals surface area contributed by atoms with E-state index in [-0.39, 0.29) is 36.1 Å². The molecule has 0 radical (unpaired) electrons. The molecule has 3 fully saturated rings. The zero-order valence-electron chi connectivity index (χ0n) is 24.9. The molecule has 2 unspecified atom stereocenters. The van der Waals surface area contributed by atoms with Crippen LogP contribution in [-0.2, 0) is 29.3 Å². The third-order valence-electron chi connectivity index (χ3n) is 8.81. The summed E-state index contributed by atoms with van der Waals surface area (Å²) in [5.41, 5.74) is -1.43. The highest BCUT2D eigenvalue weighted by atomic mass is 32.2. The Kier molecular flexibility index (Phi) is 10.0. The van der Waals surface area contributed by atoms with Crippen LogP contribution in [0.2, 0.25) is 0 Å². The van der Waals surface area contributed by atoms with E-state index in [0.717, 1.165) is 25.7 Å². The third-order valence-corrected chi connectivity index (χ3v) is 10.5. The van der Waals surface area contributed by atoms with Crippen molar-refractivity contribution in [3.05, 3.63) is 24.5 Å². The molecule has 12 nitrogen and oxygen atoms in total. The van der Waals surface area contributed by atoms with Gasteiger partial charge in [0.1, 0.15) is 17.6 Å². The van der Waals surface area contributed by atoms with Crippen molar-refractivity contribution >= 4 is 34.0 Å². The number of amides is 4. The van der Waals surface area contributed by atoms with Crippen molar-refractivity contribution in [2.24, 2.45) is 5.92 Å². The molecule has 0 aromatic heterocycles. The lowest BCUT2D eigenvalue weighted by Gasteiger charge is -2.37. The van der Waals surface area contributed by atoms with E-state index in [1.54, 1.807) is 0 Å². The van der Waals surface area contributed by atoms with Gasteiger partial charge < -0.3 is 20.3 Å². The minimum Gasteiger partial charge on any atom is -0.416 e. The van der Waals surface area contributed by atoms with Crippen LogP contribution in [0.25, 0.3) is 0 Å². The molecule has 4 aliphatic rings. The number of piperidine rings is 1. The fourth-order valence-electron chi connectivity index (χ4n) is 6.56. The van der Waals surface area contributed by atoms with Gasteiger partial charge in [-0.2, -0.15) is 12.7 Å². The van der Waals surface area contributed by atoms with Crippen LogP contribution in [0.4, 0.5) is 4.79 Å². The van der Waals surface area contributed by atoms with Crippen molar-refractivity contribution in [1.29, 1.82) is 0 Å². The van der Waals surface area contributed by atoms with Crippen molar-refractivity contribution in [2.45, 2.75) is 121 Å². The first kappa shape index (κ1) is 32.0. The summed E-state index contributed by atoms with van der Waals surface area (Å²) in [7, 11) is -4.14. The number of carbonyl (C=O) groups excluding carboxylic acids is 4. The van der Waals surface area contributed by atoms with Crippen LogP contribution >= 0.6 is 0 Å². The SMILES string of the molecule is C=C(C)OC(=O)N[C@H]1CCCCC/C=C\[C@@H]2C[C@@]2(C(=O)NS(=O)(=O)N2C(C)CCCC2C)NC(=O)[C@@H]2CCCN2C1=O. The molecular weight excluding hydrogens is 562 g/mol. The van der Waals surface area contributed by atoms with E-state index in [1.807, 2.05) is 26.0 Å². The maximum Gasteiger partial charge on any atom is 0.412 e. The van der Waals surface area contributed by atoms with Gasteiger partial charge in [-0.05, 0) is 72.1 Å². The van der Waals surface area contributed by atoms with Gasteiger partial charge in [0.25, 0.3) is 5.91 Å². The lowest BCUT2D eigenvalue weighted by molar-refractivity contribution is -0.141. The molecule has 3 heterocycles. The molecule has 234 valence electrons. The van der Waals surface area contributed by atoms with E-state index < -0.39 is 45.7 Å². The van der Waals surface area contributed by atoms with Crippen molar-refractivity contribution in [3.8, 4) is 0 Å². The normalized spacial score (nSPS) is 33.6. The van der Waals surface area contributed by atoms with Crippen LogP contribution < -0.4 is 15.4 Å². The summed E-state index contributed by atoms with van der Waals surface area (Å²) < 4.78 is 35.4. The monoisotopic (exact) mass is 607 g/mol. The molecule has 1 saturated carbocycles. The van der Waals surface area contributed by atoms with Gasteiger partial charge in [-0.3, -0.25) is 14.4 Å². The quantitative estimate of drug-likeness (QED) is 0.321. The number of ether oxygens (including phenoxy) is 1. The summed E-state index contributed by atoms with van der Waals surface area (Å²) in [6.45, 7) is 9.08. The van der Waals surface area contributed by atoms with Gasteiger partial charge in [-0.15, -0.1) is 0 Å². The van der Waals surface area contributed by atoms with Gasteiger partial charge in [0, 0.05) is 24.5 Å². The molecule has 0 spiro atoms. The molecule has 0 aromatic carbocycles. The molecule has 4 rings (SSSR count). The van der Waals surface area contributed by atoms with E-state index in [4.69, 9.17) is 4.74 Å². The van der Waals surface area contributed by atoms with E-state index in [9.17, 15) is 27.6 Å². The van der Waals surface area contributed by atoms with Gasteiger partial charge in [0.05, 0.1) is 5.76 Å². The highest BCUT2D eigenvalue weighted by Crippen LogP contribution is 2.46. The number of alkyl carbamates (subject to hydrolysis) is 1. The summed E-state index contributed by atoms with van der Waals surface area (Å²) >= 11 is 0. The molecule has 13 heteroatoms. The van der Waals surface area contributed by atoms with Gasteiger partial charge in [0.15, 0.2) is 0 Å². The Bertz CT molecular complexity index is 1210. The number of fused-ring (bicyclic) bond motifs is 2. The molecule has 1 aliphatic carbocycles. The summed E-state index contributed by atoms with van der Waals surface area (Å²) in [4.78, 5) is 54.8. The third kappa shape index (κ3) is 7.16. The van der Waals surface area contributed by atoms with Gasteiger partial charge in [-0.1, -0.05) is 38.0 Å². The van der Waals surface area contributed by atoms with E-state index in [2.05, 4.69) is 21.9 Å². The fourth-order valence-corrected chi connectivity index (χ4v) is 8.24. The number of allylic oxidation sites excluding steroid dienone is 2. The average molecular weight is 608 g/mol. The van der Waals surface area contributed by atoms with Crippen LogP contribution in [0.1, 0.15) is 91.4 Å².